The summed E-state index contributed by atoms with van der Waals surface area (Å²) in [6.07, 6.45) is 1.60. The highest BCUT2D eigenvalue weighted by molar-refractivity contribution is 7.99. The fourth-order valence-electron chi connectivity index (χ4n) is 2.12. The van der Waals surface area contributed by atoms with Gasteiger partial charge in [-0.15, -0.1) is 11.8 Å². The minimum atomic E-state index is -0.761. The Morgan fingerprint density at radius 1 is 1.59 bits per heavy atom. The van der Waals surface area contributed by atoms with E-state index in [1.165, 1.54) is 10.5 Å². The molecule has 0 amide bonds. The summed E-state index contributed by atoms with van der Waals surface area (Å²) in [6.45, 7) is 1.90. The largest absolute Gasteiger partial charge is 0.480 e. The lowest BCUT2D eigenvalue weighted by molar-refractivity contribution is -0.139. The average Bonchev–Trinajstić information content (AvgIpc) is 2.35. The fraction of sp³-hybridized carbons (Fsp3) is 0.462. The van der Waals surface area contributed by atoms with E-state index in [1.54, 1.807) is 0 Å². The number of fused-ring (bicyclic) bond motifs is 1. The Morgan fingerprint density at radius 2 is 2.35 bits per heavy atom. The van der Waals surface area contributed by atoms with Crippen molar-refractivity contribution in [2.45, 2.75) is 36.7 Å². The van der Waals surface area contributed by atoms with Gasteiger partial charge in [-0.1, -0.05) is 25.1 Å². The second kappa shape index (κ2) is 5.56. The number of nitrogens with one attached hydrogen (secondary N) is 1. The van der Waals surface area contributed by atoms with E-state index in [4.69, 9.17) is 5.11 Å². The molecule has 1 aliphatic heterocycles. The van der Waals surface area contributed by atoms with Gasteiger partial charge in [0.2, 0.25) is 0 Å². The maximum Gasteiger partial charge on any atom is 0.320 e. The van der Waals surface area contributed by atoms with Crippen LogP contribution in [0.15, 0.2) is 29.2 Å². The van der Waals surface area contributed by atoms with Crippen molar-refractivity contribution in [3.8, 4) is 0 Å². The SMILES string of the molecule is CCC(NC1CCSc2ccccc21)C(=O)O. The second-order valence-corrected chi connectivity index (χ2v) is 5.33. The molecule has 0 aliphatic carbocycles. The fourth-order valence-corrected chi connectivity index (χ4v) is 3.25. The molecule has 2 unspecified atom stereocenters. The van der Waals surface area contributed by atoms with Crippen molar-refractivity contribution in [1.29, 1.82) is 0 Å². The molecule has 3 nitrogen and oxygen atoms in total. The summed E-state index contributed by atoms with van der Waals surface area (Å²) in [5.41, 5.74) is 1.24. The van der Waals surface area contributed by atoms with Crippen LogP contribution in [0.4, 0.5) is 0 Å². The van der Waals surface area contributed by atoms with Crippen LogP contribution in [0.5, 0.6) is 0 Å². The first-order valence-electron chi connectivity index (χ1n) is 5.93. The quantitative estimate of drug-likeness (QED) is 0.863. The van der Waals surface area contributed by atoms with E-state index >= 15 is 0 Å². The van der Waals surface area contributed by atoms with E-state index in [0.29, 0.717) is 6.42 Å². The molecule has 0 spiro atoms. The van der Waals surface area contributed by atoms with Gasteiger partial charge in [0.05, 0.1) is 0 Å². The minimum absolute atomic E-state index is 0.175. The van der Waals surface area contributed by atoms with Crippen LogP contribution in [0.25, 0.3) is 0 Å². The van der Waals surface area contributed by atoms with Gasteiger partial charge in [-0.05, 0) is 30.2 Å². The number of thioether (sulfide) groups is 1. The third-order valence-electron chi connectivity index (χ3n) is 3.07. The highest BCUT2D eigenvalue weighted by atomic mass is 32.2. The third kappa shape index (κ3) is 2.82. The van der Waals surface area contributed by atoms with Crippen LogP contribution in [0.1, 0.15) is 31.4 Å². The first-order valence-corrected chi connectivity index (χ1v) is 6.91. The van der Waals surface area contributed by atoms with E-state index in [2.05, 4.69) is 17.4 Å². The molecule has 1 aromatic rings. The minimum Gasteiger partial charge on any atom is -0.480 e. The standard InChI is InChI=1S/C13H17NO2S/c1-2-10(13(15)16)14-11-7-8-17-12-6-4-3-5-9(11)12/h3-6,10-11,14H,2,7-8H2,1H3,(H,15,16). The van der Waals surface area contributed by atoms with Crippen molar-refractivity contribution in [3.63, 3.8) is 0 Å². The number of carboxylic acid groups (broad SMARTS) is 1. The van der Waals surface area contributed by atoms with Gasteiger partial charge >= 0.3 is 5.97 Å². The number of carboxylic acids is 1. The molecule has 0 fully saturated rings. The zero-order valence-corrected chi connectivity index (χ0v) is 10.7. The zero-order chi connectivity index (χ0) is 12.3. The van der Waals surface area contributed by atoms with Crippen LogP contribution in [0, 0.1) is 0 Å². The molecule has 2 atom stereocenters. The maximum atomic E-state index is 11.0. The number of rotatable bonds is 4. The maximum absolute atomic E-state index is 11.0. The van der Waals surface area contributed by atoms with Crippen LogP contribution < -0.4 is 5.32 Å². The molecule has 17 heavy (non-hydrogen) atoms. The molecule has 1 aliphatic rings. The summed E-state index contributed by atoms with van der Waals surface area (Å²) in [5, 5.41) is 12.3. The third-order valence-corrected chi connectivity index (χ3v) is 4.19. The number of aliphatic carboxylic acids is 1. The predicted octanol–water partition coefficient (Wildman–Crippen LogP) is 2.68. The summed E-state index contributed by atoms with van der Waals surface area (Å²) < 4.78 is 0. The lowest BCUT2D eigenvalue weighted by atomic mass is 10.0. The van der Waals surface area contributed by atoms with Crippen LogP contribution in [-0.4, -0.2) is 22.9 Å². The first-order chi connectivity index (χ1) is 8.22. The molecular formula is C13H17NO2S. The van der Waals surface area contributed by atoms with Gasteiger partial charge < -0.3 is 5.11 Å². The van der Waals surface area contributed by atoms with Gasteiger partial charge in [-0.2, -0.15) is 0 Å². The molecule has 0 radical (unpaired) electrons. The summed E-state index contributed by atoms with van der Waals surface area (Å²) in [4.78, 5) is 12.3. The summed E-state index contributed by atoms with van der Waals surface area (Å²) in [6, 6.07) is 7.97. The predicted molar refractivity (Wildman–Crippen MR) is 69.4 cm³/mol. The molecule has 0 saturated heterocycles. The van der Waals surface area contributed by atoms with Crippen molar-refractivity contribution in [2.24, 2.45) is 0 Å². The topological polar surface area (TPSA) is 49.3 Å². The van der Waals surface area contributed by atoms with Crippen LogP contribution in [-0.2, 0) is 4.79 Å². The Hall–Kier alpha value is -1.00. The molecule has 0 aromatic heterocycles. The van der Waals surface area contributed by atoms with Crippen LogP contribution in [0.3, 0.4) is 0 Å². The molecule has 1 heterocycles. The van der Waals surface area contributed by atoms with Gasteiger partial charge in [-0.3, -0.25) is 10.1 Å². The van der Waals surface area contributed by atoms with Gasteiger partial charge in [-0.25, -0.2) is 0 Å². The van der Waals surface area contributed by atoms with Gasteiger partial charge in [0, 0.05) is 10.9 Å². The van der Waals surface area contributed by atoms with E-state index in [9.17, 15) is 4.79 Å². The molecular weight excluding hydrogens is 234 g/mol. The summed E-state index contributed by atoms with van der Waals surface area (Å²) in [5.74, 6) is 0.285. The normalized spacial score (nSPS) is 20.6. The number of carbonyl (C=O) groups is 1. The number of benzene rings is 1. The molecule has 2 N–H and O–H groups in total. The van der Waals surface area contributed by atoms with E-state index in [-0.39, 0.29) is 6.04 Å². The molecule has 4 heteroatoms. The second-order valence-electron chi connectivity index (χ2n) is 4.19. The van der Waals surface area contributed by atoms with Crippen molar-refractivity contribution in [1.82, 2.24) is 5.32 Å². The number of hydrogen-bond acceptors (Lipinski definition) is 3. The van der Waals surface area contributed by atoms with E-state index < -0.39 is 12.0 Å². The first kappa shape index (κ1) is 12.5. The van der Waals surface area contributed by atoms with Gasteiger partial charge in [0.25, 0.3) is 0 Å². The van der Waals surface area contributed by atoms with Crippen molar-refractivity contribution >= 4 is 17.7 Å². The van der Waals surface area contributed by atoms with Gasteiger partial charge in [0.15, 0.2) is 0 Å². The molecule has 0 saturated carbocycles. The number of hydrogen-bond donors (Lipinski definition) is 2. The Bertz CT molecular complexity index is 408. The van der Waals surface area contributed by atoms with E-state index in [1.807, 2.05) is 30.8 Å². The van der Waals surface area contributed by atoms with Gasteiger partial charge in [0.1, 0.15) is 6.04 Å². The zero-order valence-electron chi connectivity index (χ0n) is 9.85. The summed E-state index contributed by atoms with van der Waals surface area (Å²) in [7, 11) is 0. The average molecular weight is 251 g/mol. The van der Waals surface area contributed by atoms with Crippen molar-refractivity contribution in [3.05, 3.63) is 29.8 Å². The highest BCUT2D eigenvalue weighted by Gasteiger charge is 2.24. The van der Waals surface area contributed by atoms with Crippen molar-refractivity contribution < 1.29 is 9.90 Å². The highest BCUT2D eigenvalue weighted by Crippen LogP contribution is 2.36. The van der Waals surface area contributed by atoms with Crippen LogP contribution in [0.2, 0.25) is 0 Å². The molecule has 2 rings (SSSR count). The Morgan fingerprint density at radius 3 is 3.06 bits per heavy atom. The van der Waals surface area contributed by atoms with Crippen molar-refractivity contribution in [2.75, 3.05) is 5.75 Å². The summed E-state index contributed by atoms with van der Waals surface area (Å²) >= 11 is 1.85. The monoisotopic (exact) mass is 251 g/mol. The lowest BCUT2D eigenvalue weighted by Crippen LogP contribution is -2.39. The Labute approximate surface area is 106 Å². The molecule has 92 valence electrons. The molecule has 1 aromatic carbocycles. The Kier molecular flexibility index (Phi) is 4.07. The van der Waals surface area contributed by atoms with Crippen LogP contribution >= 0.6 is 11.8 Å². The molecule has 0 bridgehead atoms. The smallest absolute Gasteiger partial charge is 0.320 e. The lowest BCUT2D eigenvalue weighted by Gasteiger charge is -2.28. The Balaban J connectivity index is 2.15. The van der Waals surface area contributed by atoms with E-state index in [0.717, 1.165) is 12.2 Å².